The Balaban J connectivity index is -0.000000125. The zero-order valence-corrected chi connectivity index (χ0v) is 11.0. The van der Waals surface area contributed by atoms with E-state index in [1.54, 1.807) is 0 Å². The fourth-order valence-electron chi connectivity index (χ4n) is 0.167. The number of aliphatic hydroxyl groups is 1. The van der Waals surface area contributed by atoms with Gasteiger partial charge in [0.25, 0.3) is 0 Å². The number of aliphatic hydroxyl groups excluding tert-OH is 1. The molecule has 0 rings (SSSR count). The molecule has 2 nitrogen and oxygen atoms in total. The van der Waals surface area contributed by atoms with E-state index in [2.05, 4.69) is 11.7 Å². The van der Waals surface area contributed by atoms with Gasteiger partial charge in [-0.1, -0.05) is 6.61 Å². The minimum atomic E-state index is 0. The first-order chi connectivity index (χ1) is 2.91. The van der Waals surface area contributed by atoms with Gasteiger partial charge in [0, 0.05) is 39.0 Å². The van der Waals surface area contributed by atoms with E-state index >= 15 is 0 Å². The third-order valence-corrected chi connectivity index (χ3v) is 0.380. The maximum Gasteiger partial charge on any atom is 0.0664 e. The fourth-order valence-corrected chi connectivity index (χ4v) is 0.167. The van der Waals surface area contributed by atoms with Crippen molar-refractivity contribution in [1.82, 2.24) is 0 Å². The molecule has 0 bridgehead atoms. The average molecular weight is 220 g/mol. The SMILES string of the molecule is [CH2-]COCCO.[Zn].[Zn]. The molecule has 4 heteroatoms. The van der Waals surface area contributed by atoms with Crippen LogP contribution in [0.3, 0.4) is 0 Å². The minimum absolute atomic E-state index is 0. The smallest absolute Gasteiger partial charge is 0.0664 e. The van der Waals surface area contributed by atoms with Crippen LogP contribution < -0.4 is 0 Å². The van der Waals surface area contributed by atoms with Gasteiger partial charge >= 0.3 is 0 Å². The Morgan fingerprint density at radius 3 is 2.00 bits per heavy atom. The fraction of sp³-hybridized carbons (Fsp3) is 0.750. The van der Waals surface area contributed by atoms with Crippen molar-refractivity contribution in [2.24, 2.45) is 0 Å². The van der Waals surface area contributed by atoms with Crippen LogP contribution in [0, 0.1) is 6.92 Å². The molecule has 0 unspecified atom stereocenters. The van der Waals surface area contributed by atoms with Crippen LogP contribution in [0.4, 0.5) is 0 Å². The van der Waals surface area contributed by atoms with Crippen LogP contribution in [-0.2, 0) is 43.7 Å². The van der Waals surface area contributed by atoms with Crippen LogP contribution in [0.15, 0.2) is 0 Å². The molecule has 0 aromatic carbocycles. The van der Waals surface area contributed by atoms with Gasteiger partial charge in [-0.15, -0.1) is 0 Å². The Labute approximate surface area is 75.5 Å². The van der Waals surface area contributed by atoms with Gasteiger partial charge in [0.05, 0.1) is 13.2 Å². The molecule has 1 N–H and O–H groups in total. The van der Waals surface area contributed by atoms with Gasteiger partial charge in [-0.25, -0.2) is 0 Å². The quantitative estimate of drug-likeness (QED) is 0.406. The third kappa shape index (κ3) is 15.7. The van der Waals surface area contributed by atoms with Crippen molar-refractivity contribution in [2.45, 2.75) is 0 Å². The molecule has 0 saturated carbocycles. The molecule has 0 saturated heterocycles. The molecule has 42 valence electrons. The van der Waals surface area contributed by atoms with Crippen molar-refractivity contribution >= 4 is 0 Å². The number of hydrogen-bond acceptors (Lipinski definition) is 2. The number of ether oxygens (including phenoxy) is 1. The van der Waals surface area contributed by atoms with E-state index in [1.165, 1.54) is 0 Å². The van der Waals surface area contributed by atoms with E-state index in [9.17, 15) is 0 Å². The summed E-state index contributed by atoms with van der Waals surface area (Å²) in [6.45, 7) is 4.33. The van der Waals surface area contributed by atoms with E-state index in [0.717, 1.165) is 0 Å². The molecule has 8 heavy (non-hydrogen) atoms. The summed E-state index contributed by atoms with van der Waals surface area (Å²) < 4.78 is 4.62. The van der Waals surface area contributed by atoms with Crippen LogP contribution in [-0.4, -0.2) is 24.9 Å². The summed E-state index contributed by atoms with van der Waals surface area (Å²) in [5.41, 5.74) is 0. The van der Waals surface area contributed by atoms with Gasteiger partial charge in [-0.3, -0.25) is 0 Å². The first-order valence-corrected chi connectivity index (χ1v) is 1.89. The first-order valence-electron chi connectivity index (χ1n) is 1.89. The zero-order chi connectivity index (χ0) is 4.83. The molecular formula is C4H9O2Zn2-. The molecule has 0 aliphatic rings. The van der Waals surface area contributed by atoms with Gasteiger partial charge in [-0.05, 0) is 0 Å². The summed E-state index contributed by atoms with van der Waals surface area (Å²) in [6.07, 6.45) is 0. The second kappa shape index (κ2) is 15.7. The summed E-state index contributed by atoms with van der Waals surface area (Å²) in [7, 11) is 0. The topological polar surface area (TPSA) is 29.5 Å². The van der Waals surface area contributed by atoms with Crippen LogP contribution >= 0.6 is 0 Å². The molecule has 0 heterocycles. The number of hydrogen-bond donors (Lipinski definition) is 1. The standard InChI is InChI=1S/C4H9O2.2Zn/c1-2-6-4-3-5;;/h5H,1-4H2;;/q-1;;. The molecule has 0 spiro atoms. The van der Waals surface area contributed by atoms with Gasteiger partial charge in [0.2, 0.25) is 0 Å². The van der Waals surface area contributed by atoms with Gasteiger partial charge in [-0.2, -0.15) is 0 Å². The van der Waals surface area contributed by atoms with Crippen LogP contribution in [0.1, 0.15) is 0 Å². The zero-order valence-electron chi connectivity index (χ0n) is 5.10. The number of rotatable bonds is 3. The molecule has 0 fully saturated rings. The van der Waals surface area contributed by atoms with Crippen molar-refractivity contribution in [1.29, 1.82) is 0 Å². The van der Waals surface area contributed by atoms with E-state index < -0.39 is 0 Å². The van der Waals surface area contributed by atoms with Crippen molar-refractivity contribution in [3.8, 4) is 0 Å². The monoisotopic (exact) mass is 217 g/mol. The van der Waals surface area contributed by atoms with Gasteiger partial charge in [0.15, 0.2) is 0 Å². The molecule has 0 aromatic heterocycles. The molecular weight excluding hydrogens is 211 g/mol. The molecule has 0 aromatic rings. The first kappa shape index (κ1) is 16.1. The second-order valence-corrected chi connectivity index (χ2v) is 0.836. The maximum atomic E-state index is 8.04. The second-order valence-electron chi connectivity index (χ2n) is 0.836. The molecule has 0 amide bonds. The molecule has 0 aliphatic carbocycles. The summed E-state index contributed by atoms with van der Waals surface area (Å²) >= 11 is 0. The summed E-state index contributed by atoms with van der Waals surface area (Å²) in [4.78, 5) is 0. The van der Waals surface area contributed by atoms with E-state index in [-0.39, 0.29) is 45.6 Å². The maximum absolute atomic E-state index is 8.04. The Hall–Kier alpha value is 1.17. The van der Waals surface area contributed by atoms with Gasteiger partial charge < -0.3 is 16.8 Å². The molecule has 0 aliphatic heterocycles. The van der Waals surface area contributed by atoms with Crippen molar-refractivity contribution in [3.63, 3.8) is 0 Å². The van der Waals surface area contributed by atoms with Crippen molar-refractivity contribution < 1.29 is 48.8 Å². The predicted octanol–water partition coefficient (Wildman–Crippen LogP) is -0.176. The summed E-state index contributed by atoms with van der Waals surface area (Å²) in [5.74, 6) is 0. The van der Waals surface area contributed by atoms with Crippen molar-refractivity contribution in [2.75, 3.05) is 19.8 Å². The van der Waals surface area contributed by atoms with E-state index in [1.807, 2.05) is 0 Å². The van der Waals surface area contributed by atoms with Crippen molar-refractivity contribution in [3.05, 3.63) is 6.92 Å². The van der Waals surface area contributed by atoms with Crippen LogP contribution in [0.5, 0.6) is 0 Å². The summed E-state index contributed by atoms with van der Waals surface area (Å²) in [6, 6.07) is 0. The average Bonchev–Trinajstić information content (AvgIpc) is 1.61. The summed E-state index contributed by atoms with van der Waals surface area (Å²) in [5, 5.41) is 8.04. The van der Waals surface area contributed by atoms with E-state index in [0.29, 0.717) is 13.2 Å². The predicted molar refractivity (Wildman–Crippen MR) is 23.3 cm³/mol. The normalized spacial score (nSPS) is 6.75. The molecule has 0 atom stereocenters. The Kier molecular flexibility index (Phi) is 31.6. The third-order valence-electron chi connectivity index (χ3n) is 0.380. The van der Waals surface area contributed by atoms with Crippen LogP contribution in [0.2, 0.25) is 0 Å². The Bertz CT molecular complexity index is 24.0. The Morgan fingerprint density at radius 1 is 1.38 bits per heavy atom. The van der Waals surface area contributed by atoms with Gasteiger partial charge in [0.1, 0.15) is 0 Å². The van der Waals surface area contributed by atoms with Crippen LogP contribution in [0.25, 0.3) is 0 Å². The Morgan fingerprint density at radius 2 is 1.88 bits per heavy atom. The largest absolute Gasteiger partial charge is 0.411 e. The molecule has 0 radical (unpaired) electrons. The van der Waals surface area contributed by atoms with E-state index in [4.69, 9.17) is 5.11 Å². The minimum Gasteiger partial charge on any atom is -0.411 e.